The molecule has 16 heavy (non-hydrogen) atoms. The lowest BCUT2D eigenvalue weighted by Crippen LogP contribution is -1.99. The van der Waals surface area contributed by atoms with Crippen molar-refractivity contribution in [3.8, 4) is 23.0 Å². The summed E-state index contributed by atoms with van der Waals surface area (Å²) in [5.41, 5.74) is 0.917. The highest BCUT2D eigenvalue weighted by atomic mass is 16.5. The van der Waals surface area contributed by atoms with Crippen LogP contribution < -0.4 is 14.2 Å². The van der Waals surface area contributed by atoms with Gasteiger partial charge in [0.2, 0.25) is 11.5 Å². The van der Waals surface area contributed by atoms with E-state index in [0.717, 1.165) is 18.4 Å². The Bertz CT molecular complexity index is 361. The molecule has 0 saturated carbocycles. The molecule has 0 heterocycles. The van der Waals surface area contributed by atoms with E-state index in [1.807, 2.05) is 0 Å². The van der Waals surface area contributed by atoms with Gasteiger partial charge in [-0.2, -0.15) is 0 Å². The first-order valence-electron chi connectivity index (χ1n) is 5.20. The van der Waals surface area contributed by atoms with E-state index >= 15 is 0 Å². The number of ether oxygens (including phenoxy) is 3. The number of hydrogen-bond acceptors (Lipinski definition) is 4. The SMILES string of the molecule is CCCc1cc(O)c(OC)c(OC)c1OC. The Morgan fingerprint density at radius 2 is 1.56 bits per heavy atom. The van der Waals surface area contributed by atoms with Gasteiger partial charge in [0, 0.05) is 5.56 Å². The maximum atomic E-state index is 9.79. The number of aromatic hydroxyl groups is 1. The normalized spacial score (nSPS) is 10.0. The molecule has 0 spiro atoms. The van der Waals surface area contributed by atoms with Crippen LogP contribution in [0.3, 0.4) is 0 Å². The number of hydrogen-bond donors (Lipinski definition) is 1. The summed E-state index contributed by atoms with van der Waals surface area (Å²) in [5, 5.41) is 9.79. The van der Waals surface area contributed by atoms with E-state index in [9.17, 15) is 5.11 Å². The van der Waals surface area contributed by atoms with E-state index in [-0.39, 0.29) is 5.75 Å². The first-order chi connectivity index (χ1) is 7.69. The molecule has 0 amide bonds. The predicted molar refractivity (Wildman–Crippen MR) is 61.8 cm³/mol. The maximum absolute atomic E-state index is 9.79. The van der Waals surface area contributed by atoms with Gasteiger partial charge in [0.05, 0.1) is 21.3 Å². The molecular formula is C12H18O4. The molecule has 4 nitrogen and oxygen atoms in total. The molecule has 1 rings (SSSR count). The van der Waals surface area contributed by atoms with Crippen molar-refractivity contribution in [3.63, 3.8) is 0 Å². The zero-order chi connectivity index (χ0) is 12.1. The number of phenols is 1. The third-order valence-electron chi connectivity index (χ3n) is 2.38. The van der Waals surface area contributed by atoms with Gasteiger partial charge in [-0.3, -0.25) is 0 Å². The maximum Gasteiger partial charge on any atom is 0.207 e. The van der Waals surface area contributed by atoms with Crippen molar-refractivity contribution in [1.82, 2.24) is 0 Å². The van der Waals surface area contributed by atoms with Crippen LogP contribution in [0.1, 0.15) is 18.9 Å². The van der Waals surface area contributed by atoms with E-state index in [4.69, 9.17) is 14.2 Å². The standard InChI is InChI=1S/C12H18O4/c1-5-6-8-7-9(13)11(15-3)12(16-4)10(8)14-2/h7,13H,5-6H2,1-4H3. The summed E-state index contributed by atoms with van der Waals surface area (Å²) in [4.78, 5) is 0. The molecule has 0 aliphatic carbocycles. The molecule has 0 radical (unpaired) electrons. The van der Waals surface area contributed by atoms with Crippen LogP contribution in [0.25, 0.3) is 0 Å². The van der Waals surface area contributed by atoms with Crippen molar-refractivity contribution in [3.05, 3.63) is 11.6 Å². The van der Waals surface area contributed by atoms with E-state index in [2.05, 4.69) is 6.92 Å². The molecule has 0 saturated heterocycles. The van der Waals surface area contributed by atoms with Crippen LogP contribution in [0.4, 0.5) is 0 Å². The van der Waals surface area contributed by atoms with Crippen LogP contribution in [0, 0.1) is 0 Å². The lowest BCUT2D eigenvalue weighted by molar-refractivity contribution is 0.308. The second kappa shape index (κ2) is 5.49. The highest BCUT2D eigenvalue weighted by Crippen LogP contribution is 2.46. The second-order valence-corrected chi connectivity index (χ2v) is 3.40. The molecule has 0 bridgehead atoms. The summed E-state index contributed by atoms with van der Waals surface area (Å²) < 4.78 is 15.6. The zero-order valence-electron chi connectivity index (χ0n) is 10.2. The Hall–Kier alpha value is -1.58. The van der Waals surface area contributed by atoms with Crippen molar-refractivity contribution in [2.75, 3.05) is 21.3 Å². The quantitative estimate of drug-likeness (QED) is 0.837. The van der Waals surface area contributed by atoms with E-state index in [1.165, 1.54) is 14.2 Å². The Morgan fingerprint density at radius 3 is 2.00 bits per heavy atom. The first-order valence-corrected chi connectivity index (χ1v) is 5.20. The number of phenolic OH excluding ortho intramolecular Hbond substituents is 1. The van der Waals surface area contributed by atoms with Crippen molar-refractivity contribution < 1.29 is 19.3 Å². The van der Waals surface area contributed by atoms with E-state index in [1.54, 1.807) is 13.2 Å². The molecule has 1 N–H and O–H groups in total. The zero-order valence-corrected chi connectivity index (χ0v) is 10.2. The van der Waals surface area contributed by atoms with Crippen molar-refractivity contribution in [2.24, 2.45) is 0 Å². The summed E-state index contributed by atoms with van der Waals surface area (Å²) >= 11 is 0. The Morgan fingerprint density at radius 1 is 1.00 bits per heavy atom. The summed E-state index contributed by atoms with van der Waals surface area (Å²) in [6.07, 6.45) is 1.78. The highest BCUT2D eigenvalue weighted by Gasteiger charge is 2.19. The van der Waals surface area contributed by atoms with Crippen LogP contribution in [0.5, 0.6) is 23.0 Å². The molecule has 4 heteroatoms. The van der Waals surface area contributed by atoms with Crippen LogP contribution >= 0.6 is 0 Å². The average molecular weight is 226 g/mol. The van der Waals surface area contributed by atoms with Crippen molar-refractivity contribution in [2.45, 2.75) is 19.8 Å². The summed E-state index contributed by atoms with van der Waals surface area (Å²) in [6, 6.07) is 1.66. The van der Waals surface area contributed by atoms with E-state index in [0.29, 0.717) is 17.2 Å². The molecule has 1 aromatic rings. The topological polar surface area (TPSA) is 47.9 Å². The van der Waals surface area contributed by atoms with Crippen LogP contribution in [-0.2, 0) is 6.42 Å². The van der Waals surface area contributed by atoms with Crippen LogP contribution in [0.2, 0.25) is 0 Å². The Kier molecular flexibility index (Phi) is 4.28. The molecule has 0 fully saturated rings. The molecular weight excluding hydrogens is 208 g/mol. The van der Waals surface area contributed by atoms with Gasteiger partial charge in [-0.25, -0.2) is 0 Å². The van der Waals surface area contributed by atoms with Gasteiger partial charge in [-0.05, 0) is 12.5 Å². The molecule has 1 aromatic carbocycles. The minimum atomic E-state index is 0.0728. The monoisotopic (exact) mass is 226 g/mol. The number of benzene rings is 1. The third kappa shape index (κ3) is 2.15. The largest absolute Gasteiger partial charge is 0.504 e. The molecule has 0 aliphatic heterocycles. The summed E-state index contributed by atoms with van der Waals surface area (Å²) in [5.74, 6) is 1.44. The van der Waals surface area contributed by atoms with Gasteiger partial charge in [0.25, 0.3) is 0 Å². The van der Waals surface area contributed by atoms with E-state index < -0.39 is 0 Å². The van der Waals surface area contributed by atoms with Gasteiger partial charge >= 0.3 is 0 Å². The molecule has 90 valence electrons. The number of methoxy groups -OCH3 is 3. The lowest BCUT2D eigenvalue weighted by Gasteiger charge is -2.16. The molecule has 0 aromatic heterocycles. The van der Waals surface area contributed by atoms with Crippen molar-refractivity contribution >= 4 is 0 Å². The minimum absolute atomic E-state index is 0.0728. The van der Waals surface area contributed by atoms with Gasteiger partial charge in [0.15, 0.2) is 11.5 Å². The molecule has 0 aliphatic rings. The highest BCUT2D eigenvalue weighted by molar-refractivity contribution is 5.62. The molecule has 0 unspecified atom stereocenters. The average Bonchev–Trinajstić information content (AvgIpc) is 2.28. The number of aryl methyl sites for hydroxylation is 1. The second-order valence-electron chi connectivity index (χ2n) is 3.40. The Balaban J connectivity index is 3.37. The van der Waals surface area contributed by atoms with Gasteiger partial charge in [0.1, 0.15) is 0 Å². The van der Waals surface area contributed by atoms with Crippen molar-refractivity contribution in [1.29, 1.82) is 0 Å². The fraction of sp³-hybridized carbons (Fsp3) is 0.500. The third-order valence-corrected chi connectivity index (χ3v) is 2.38. The summed E-state index contributed by atoms with van der Waals surface area (Å²) in [7, 11) is 4.58. The van der Waals surface area contributed by atoms with Crippen LogP contribution in [0.15, 0.2) is 6.07 Å². The fourth-order valence-electron chi connectivity index (χ4n) is 1.72. The van der Waals surface area contributed by atoms with Gasteiger partial charge in [-0.1, -0.05) is 13.3 Å². The smallest absolute Gasteiger partial charge is 0.207 e. The lowest BCUT2D eigenvalue weighted by atomic mass is 10.1. The Labute approximate surface area is 95.8 Å². The van der Waals surface area contributed by atoms with Gasteiger partial charge in [-0.15, -0.1) is 0 Å². The minimum Gasteiger partial charge on any atom is -0.504 e. The van der Waals surface area contributed by atoms with Crippen LogP contribution in [-0.4, -0.2) is 26.4 Å². The van der Waals surface area contributed by atoms with Gasteiger partial charge < -0.3 is 19.3 Å². The molecule has 0 atom stereocenters. The number of rotatable bonds is 5. The summed E-state index contributed by atoms with van der Waals surface area (Å²) in [6.45, 7) is 2.06. The first kappa shape index (κ1) is 12.5. The predicted octanol–water partition coefficient (Wildman–Crippen LogP) is 2.37. The fourth-order valence-corrected chi connectivity index (χ4v) is 1.72.